The van der Waals surface area contributed by atoms with Gasteiger partial charge in [0.05, 0.1) is 36.2 Å². The van der Waals surface area contributed by atoms with Crippen molar-refractivity contribution < 1.29 is 0 Å². The van der Waals surface area contributed by atoms with Gasteiger partial charge in [0.25, 0.3) is 0 Å². The molecule has 0 amide bonds. The first-order valence-corrected chi connectivity index (χ1v) is 9.18. The number of aryl methyl sites for hydroxylation is 1. The van der Waals surface area contributed by atoms with Crippen molar-refractivity contribution in [1.82, 2.24) is 20.2 Å². The zero-order chi connectivity index (χ0) is 18.1. The molecule has 0 fully saturated rings. The van der Waals surface area contributed by atoms with Crippen LogP contribution in [0.3, 0.4) is 0 Å². The van der Waals surface area contributed by atoms with Gasteiger partial charge in [0.1, 0.15) is 11.7 Å². The van der Waals surface area contributed by atoms with Gasteiger partial charge in [-0.3, -0.25) is 9.89 Å². The first kappa shape index (κ1) is 17.0. The summed E-state index contributed by atoms with van der Waals surface area (Å²) in [5.41, 5.74) is 10.4. The Balaban J connectivity index is 1.46. The molecular weight excluding hydrogens is 324 g/mol. The summed E-state index contributed by atoms with van der Waals surface area (Å²) in [6.07, 6.45) is 6.56. The summed E-state index contributed by atoms with van der Waals surface area (Å²) >= 11 is 0. The zero-order valence-electron chi connectivity index (χ0n) is 15.4. The van der Waals surface area contributed by atoms with E-state index in [0.29, 0.717) is 6.54 Å². The molecule has 6 nitrogen and oxygen atoms in total. The van der Waals surface area contributed by atoms with Gasteiger partial charge in [-0.05, 0) is 31.5 Å². The molecule has 2 atom stereocenters. The maximum Gasteiger partial charge on any atom is 0.121 e. The summed E-state index contributed by atoms with van der Waals surface area (Å²) in [6.45, 7) is 7.10. The number of hydrogen-bond acceptors (Lipinski definition) is 5. The van der Waals surface area contributed by atoms with E-state index in [1.807, 2.05) is 0 Å². The van der Waals surface area contributed by atoms with Crippen molar-refractivity contribution in [3.63, 3.8) is 0 Å². The summed E-state index contributed by atoms with van der Waals surface area (Å²) in [5, 5.41) is 3.54. The standard InChI is InChI=1S/C20H26N6/c1-13-3-5-15-17(9-13)24-19(22-15)11-26(8-7-21)12-20-23-16-6-4-14(2)10-18(16)25-20/h3-6,9-10,15,17H,7-8,11-12,21H2,1-2H3,(H,22,24)(H,23,25). The topological polar surface area (TPSA) is 82.3 Å². The highest BCUT2D eigenvalue weighted by atomic mass is 15.2. The average molecular weight is 350 g/mol. The van der Waals surface area contributed by atoms with E-state index in [0.717, 1.165) is 42.3 Å². The number of aliphatic imine (C=N–C) groups is 1. The second kappa shape index (κ2) is 7.05. The van der Waals surface area contributed by atoms with Gasteiger partial charge in [0.15, 0.2) is 0 Å². The predicted molar refractivity (Wildman–Crippen MR) is 106 cm³/mol. The molecule has 1 aliphatic carbocycles. The van der Waals surface area contributed by atoms with E-state index in [1.165, 1.54) is 11.1 Å². The molecule has 0 bridgehead atoms. The number of hydrogen-bond donors (Lipinski definition) is 3. The third kappa shape index (κ3) is 3.57. The fourth-order valence-electron chi connectivity index (χ4n) is 3.63. The normalized spacial score (nSPS) is 21.7. The van der Waals surface area contributed by atoms with Gasteiger partial charge in [-0.1, -0.05) is 29.9 Å². The van der Waals surface area contributed by atoms with Crippen LogP contribution in [0, 0.1) is 6.92 Å². The van der Waals surface area contributed by atoms with Crippen molar-refractivity contribution >= 4 is 16.9 Å². The van der Waals surface area contributed by atoms with Crippen molar-refractivity contribution in [1.29, 1.82) is 0 Å². The van der Waals surface area contributed by atoms with E-state index in [9.17, 15) is 0 Å². The minimum Gasteiger partial charge on any atom is -0.364 e. The molecule has 2 heterocycles. The van der Waals surface area contributed by atoms with E-state index < -0.39 is 0 Å². The van der Waals surface area contributed by atoms with Crippen LogP contribution in [0.15, 0.2) is 47.0 Å². The van der Waals surface area contributed by atoms with E-state index in [-0.39, 0.29) is 12.1 Å². The lowest BCUT2D eigenvalue weighted by Gasteiger charge is -2.21. The van der Waals surface area contributed by atoms with Crippen LogP contribution in [0.4, 0.5) is 0 Å². The van der Waals surface area contributed by atoms with Crippen molar-refractivity contribution in [3.8, 4) is 0 Å². The third-order valence-electron chi connectivity index (χ3n) is 4.88. The molecule has 136 valence electrons. The quantitative estimate of drug-likeness (QED) is 0.743. The van der Waals surface area contributed by atoms with Gasteiger partial charge in [-0.25, -0.2) is 4.98 Å². The molecule has 4 N–H and O–H groups in total. The Labute approximate surface area is 153 Å². The maximum atomic E-state index is 5.83. The number of allylic oxidation sites excluding steroid dienone is 2. The lowest BCUT2D eigenvalue weighted by molar-refractivity contribution is 0.303. The average Bonchev–Trinajstić information content (AvgIpc) is 3.16. The van der Waals surface area contributed by atoms with E-state index in [1.54, 1.807) is 0 Å². The van der Waals surface area contributed by atoms with Crippen LogP contribution in [0.25, 0.3) is 11.0 Å². The fraction of sp³-hybridized carbons (Fsp3) is 0.400. The number of aromatic amines is 1. The maximum absolute atomic E-state index is 5.83. The number of aromatic nitrogens is 2. The number of benzene rings is 1. The van der Waals surface area contributed by atoms with Gasteiger partial charge in [0, 0.05) is 13.1 Å². The minimum absolute atomic E-state index is 0.211. The van der Waals surface area contributed by atoms with Crippen LogP contribution in [-0.2, 0) is 6.54 Å². The van der Waals surface area contributed by atoms with Crippen LogP contribution in [0.5, 0.6) is 0 Å². The van der Waals surface area contributed by atoms with Crippen LogP contribution >= 0.6 is 0 Å². The molecule has 0 radical (unpaired) electrons. The summed E-state index contributed by atoms with van der Waals surface area (Å²) in [6, 6.07) is 6.78. The van der Waals surface area contributed by atoms with E-state index in [2.05, 4.69) is 65.5 Å². The summed E-state index contributed by atoms with van der Waals surface area (Å²) < 4.78 is 0. The Bertz CT molecular complexity index is 891. The van der Waals surface area contributed by atoms with Crippen LogP contribution < -0.4 is 11.1 Å². The molecule has 2 aromatic rings. The number of nitrogens with one attached hydrogen (secondary N) is 2. The molecule has 0 saturated carbocycles. The Morgan fingerprint density at radius 3 is 2.96 bits per heavy atom. The lowest BCUT2D eigenvalue weighted by atomic mass is 10.0. The van der Waals surface area contributed by atoms with Crippen LogP contribution in [0.2, 0.25) is 0 Å². The first-order chi connectivity index (χ1) is 12.6. The monoisotopic (exact) mass is 350 g/mol. The number of imidazole rings is 1. The molecule has 6 heteroatoms. The molecule has 4 rings (SSSR count). The number of nitrogens with zero attached hydrogens (tertiary/aromatic N) is 3. The summed E-state index contributed by atoms with van der Waals surface area (Å²) in [7, 11) is 0. The van der Waals surface area contributed by atoms with Gasteiger partial charge >= 0.3 is 0 Å². The largest absolute Gasteiger partial charge is 0.364 e. The highest BCUT2D eigenvalue weighted by Gasteiger charge is 2.27. The number of fused-ring (bicyclic) bond motifs is 2. The number of amidine groups is 1. The second-order valence-corrected chi connectivity index (χ2v) is 7.21. The molecule has 26 heavy (non-hydrogen) atoms. The molecule has 1 aliphatic heterocycles. The second-order valence-electron chi connectivity index (χ2n) is 7.21. The molecule has 2 unspecified atom stereocenters. The third-order valence-corrected chi connectivity index (χ3v) is 4.88. The SMILES string of the molecule is CC1=CC2NC(CN(CCN)Cc3nc4ccc(C)cc4[nH]3)=NC2C=C1. The molecule has 1 aromatic heterocycles. The zero-order valence-corrected chi connectivity index (χ0v) is 15.4. The Morgan fingerprint density at radius 1 is 1.23 bits per heavy atom. The van der Waals surface area contributed by atoms with Gasteiger partial charge < -0.3 is 16.0 Å². The Hall–Kier alpha value is -2.44. The van der Waals surface area contributed by atoms with Crippen molar-refractivity contribution in [3.05, 3.63) is 53.4 Å². The number of H-pyrrole nitrogens is 1. The van der Waals surface area contributed by atoms with Gasteiger partial charge in [-0.2, -0.15) is 0 Å². The molecule has 0 saturated heterocycles. The number of rotatable bonds is 6. The molecule has 0 spiro atoms. The van der Waals surface area contributed by atoms with Crippen LogP contribution in [-0.4, -0.2) is 52.4 Å². The lowest BCUT2D eigenvalue weighted by Crippen LogP contribution is -2.41. The Kier molecular flexibility index (Phi) is 4.61. The predicted octanol–water partition coefficient (Wildman–Crippen LogP) is 1.89. The van der Waals surface area contributed by atoms with Gasteiger partial charge in [-0.15, -0.1) is 0 Å². The van der Waals surface area contributed by atoms with Crippen LogP contribution in [0.1, 0.15) is 18.3 Å². The highest BCUT2D eigenvalue weighted by molar-refractivity contribution is 5.87. The molecular formula is C20H26N6. The summed E-state index contributed by atoms with van der Waals surface area (Å²) in [4.78, 5) is 15.3. The van der Waals surface area contributed by atoms with Gasteiger partial charge in [0.2, 0.25) is 0 Å². The Morgan fingerprint density at radius 2 is 2.12 bits per heavy atom. The van der Waals surface area contributed by atoms with Crippen molar-refractivity contribution in [2.24, 2.45) is 10.7 Å². The summed E-state index contributed by atoms with van der Waals surface area (Å²) in [5.74, 6) is 1.99. The number of nitrogens with two attached hydrogens (primary N) is 1. The molecule has 1 aromatic carbocycles. The smallest absolute Gasteiger partial charge is 0.121 e. The fourth-order valence-corrected chi connectivity index (χ4v) is 3.63. The minimum atomic E-state index is 0.211. The highest BCUT2D eigenvalue weighted by Crippen LogP contribution is 2.19. The van der Waals surface area contributed by atoms with Crippen molar-refractivity contribution in [2.45, 2.75) is 32.5 Å². The van der Waals surface area contributed by atoms with E-state index in [4.69, 9.17) is 15.7 Å². The van der Waals surface area contributed by atoms with E-state index >= 15 is 0 Å². The first-order valence-electron chi connectivity index (χ1n) is 9.18. The molecule has 2 aliphatic rings. The van der Waals surface area contributed by atoms with Crippen molar-refractivity contribution in [2.75, 3.05) is 19.6 Å².